The maximum Gasteiger partial charge on any atom is 0.248 e. The molecule has 0 aromatic heterocycles. The van der Waals surface area contributed by atoms with E-state index < -0.39 is 5.91 Å². The zero-order chi connectivity index (χ0) is 18.5. The van der Waals surface area contributed by atoms with Crippen molar-refractivity contribution in [2.45, 2.75) is 6.10 Å². The molecule has 3 N–H and O–H groups in total. The van der Waals surface area contributed by atoms with Gasteiger partial charge in [0, 0.05) is 24.3 Å². The molecule has 2 amide bonds. The number of nitrogens with one attached hydrogen (secondary N) is 1. The molecule has 2 aromatic carbocycles. The Kier molecular flexibility index (Phi) is 5.60. The van der Waals surface area contributed by atoms with Gasteiger partial charge in [0.2, 0.25) is 11.8 Å². The van der Waals surface area contributed by atoms with Gasteiger partial charge in [0.05, 0.1) is 19.3 Å². The fraction of sp³-hybridized carbons (Fsp3) is 0.263. The highest BCUT2D eigenvalue weighted by atomic mass is 19.1. The van der Waals surface area contributed by atoms with E-state index in [9.17, 15) is 14.0 Å². The van der Waals surface area contributed by atoms with Crippen molar-refractivity contribution in [2.24, 2.45) is 5.73 Å². The monoisotopic (exact) mass is 357 g/mol. The van der Waals surface area contributed by atoms with Gasteiger partial charge in [-0.2, -0.15) is 0 Å². The van der Waals surface area contributed by atoms with Crippen LogP contribution in [0.3, 0.4) is 0 Å². The summed E-state index contributed by atoms with van der Waals surface area (Å²) in [4.78, 5) is 25.3. The van der Waals surface area contributed by atoms with Gasteiger partial charge in [0.1, 0.15) is 5.82 Å². The van der Waals surface area contributed by atoms with Crippen molar-refractivity contribution in [3.05, 3.63) is 65.5 Å². The second-order valence-corrected chi connectivity index (χ2v) is 6.14. The molecule has 0 radical (unpaired) electrons. The van der Waals surface area contributed by atoms with Crippen LogP contribution in [0.15, 0.2) is 48.5 Å². The van der Waals surface area contributed by atoms with Crippen molar-refractivity contribution in [3.8, 4) is 0 Å². The average molecular weight is 357 g/mol. The smallest absolute Gasteiger partial charge is 0.248 e. The second-order valence-electron chi connectivity index (χ2n) is 6.14. The molecule has 1 aliphatic heterocycles. The molecule has 1 heterocycles. The van der Waals surface area contributed by atoms with Crippen LogP contribution in [0.4, 0.5) is 10.1 Å². The highest BCUT2D eigenvalue weighted by molar-refractivity contribution is 5.95. The Balaban J connectivity index is 1.55. The van der Waals surface area contributed by atoms with Crippen LogP contribution in [0.5, 0.6) is 0 Å². The molecule has 136 valence electrons. The average Bonchev–Trinajstić information content (AvgIpc) is 2.63. The molecule has 0 saturated carbocycles. The normalized spacial score (nSPS) is 17.7. The number of morpholine rings is 1. The standard InChI is InChI=1S/C19H20FN3O3/c20-15-5-1-13(2-6-15)17-11-23(9-10-26-17)12-18(24)22-16-7-3-14(4-8-16)19(21)25/h1-8,17H,9-12H2,(H2,21,25)(H,22,24)/t17-/m0/s1. The van der Waals surface area contributed by atoms with Crippen molar-refractivity contribution in [1.29, 1.82) is 0 Å². The van der Waals surface area contributed by atoms with Crippen LogP contribution in [-0.4, -0.2) is 43.0 Å². The molecule has 0 aliphatic carbocycles. The SMILES string of the molecule is NC(=O)c1ccc(NC(=O)CN2CCO[C@H](c3ccc(F)cc3)C2)cc1. The minimum Gasteiger partial charge on any atom is -0.371 e. The summed E-state index contributed by atoms with van der Waals surface area (Å²) in [5, 5.41) is 2.79. The number of ether oxygens (including phenoxy) is 1. The van der Waals surface area contributed by atoms with Gasteiger partial charge >= 0.3 is 0 Å². The van der Waals surface area contributed by atoms with E-state index in [-0.39, 0.29) is 24.4 Å². The third kappa shape index (κ3) is 4.65. The Labute approximate surface area is 150 Å². The van der Waals surface area contributed by atoms with E-state index in [2.05, 4.69) is 5.32 Å². The lowest BCUT2D eigenvalue weighted by Gasteiger charge is -2.32. The lowest BCUT2D eigenvalue weighted by atomic mass is 10.1. The fourth-order valence-corrected chi connectivity index (χ4v) is 2.85. The van der Waals surface area contributed by atoms with Crippen LogP contribution in [0.1, 0.15) is 22.0 Å². The first-order valence-electron chi connectivity index (χ1n) is 8.30. The van der Waals surface area contributed by atoms with Gasteiger partial charge in [0.15, 0.2) is 0 Å². The number of amides is 2. The maximum atomic E-state index is 13.0. The third-order valence-electron chi connectivity index (χ3n) is 4.21. The number of hydrogen-bond donors (Lipinski definition) is 2. The van der Waals surface area contributed by atoms with Crippen LogP contribution in [0.25, 0.3) is 0 Å². The van der Waals surface area contributed by atoms with Crippen molar-refractivity contribution in [1.82, 2.24) is 4.90 Å². The van der Waals surface area contributed by atoms with E-state index in [4.69, 9.17) is 10.5 Å². The van der Waals surface area contributed by atoms with E-state index in [0.717, 1.165) is 5.56 Å². The molecule has 3 rings (SSSR count). The Hall–Kier alpha value is -2.77. The van der Waals surface area contributed by atoms with E-state index >= 15 is 0 Å². The zero-order valence-electron chi connectivity index (χ0n) is 14.2. The molecule has 2 aromatic rings. The first kappa shape index (κ1) is 18.0. The molecule has 6 nitrogen and oxygen atoms in total. The number of nitrogens with zero attached hydrogens (tertiary/aromatic N) is 1. The van der Waals surface area contributed by atoms with Crippen LogP contribution < -0.4 is 11.1 Å². The van der Waals surface area contributed by atoms with E-state index in [0.29, 0.717) is 30.9 Å². The molecule has 1 aliphatic rings. The maximum absolute atomic E-state index is 13.0. The highest BCUT2D eigenvalue weighted by Gasteiger charge is 2.23. The zero-order valence-corrected chi connectivity index (χ0v) is 14.2. The Morgan fingerprint density at radius 1 is 1.15 bits per heavy atom. The van der Waals surface area contributed by atoms with Gasteiger partial charge in [-0.15, -0.1) is 0 Å². The molecule has 0 unspecified atom stereocenters. The van der Waals surface area contributed by atoms with E-state index in [1.165, 1.54) is 12.1 Å². The van der Waals surface area contributed by atoms with Gasteiger partial charge in [-0.1, -0.05) is 12.1 Å². The third-order valence-corrected chi connectivity index (χ3v) is 4.21. The lowest BCUT2D eigenvalue weighted by molar-refractivity contribution is -0.119. The Bertz CT molecular complexity index is 778. The summed E-state index contributed by atoms with van der Waals surface area (Å²) in [7, 11) is 0. The molecule has 0 spiro atoms. The van der Waals surface area contributed by atoms with Gasteiger partial charge in [0.25, 0.3) is 0 Å². The fourth-order valence-electron chi connectivity index (χ4n) is 2.85. The number of primary amides is 1. The molecule has 1 atom stereocenters. The molecule has 0 bridgehead atoms. The summed E-state index contributed by atoms with van der Waals surface area (Å²) in [6, 6.07) is 12.6. The van der Waals surface area contributed by atoms with Crippen LogP contribution in [-0.2, 0) is 9.53 Å². The summed E-state index contributed by atoms with van der Waals surface area (Å²) in [5.74, 6) is -0.956. The summed E-state index contributed by atoms with van der Waals surface area (Å²) in [6.45, 7) is 1.92. The number of anilines is 1. The molecule has 1 saturated heterocycles. The van der Waals surface area contributed by atoms with Crippen LogP contribution >= 0.6 is 0 Å². The number of benzene rings is 2. The van der Waals surface area contributed by atoms with E-state index in [1.807, 2.05) is 4.90 Å². The van der Waals surface area contributed by atoms with Gasteiger partial charge in [-0.25, -0.2) is 4.39 Å². The first-order valence-corrected chi connectivity index (χ1v) is 8.30. The quantitative estimate of drug-likeness (QED) is 0.856. The molecule has 1 fully saturated rings. The summed E-state index contributed by atoms with van der Waals surface area (Å²) < 4.78 is 18.8. The van der Waals surface area contributed by atoms with Gasteiger partial charge in [-0.05, 0) is 42.0 Å². The van der Waals surface area contributed by atoms with Crippen molar-refractivity contribution in [2.75, 3.05) is 31.6 Å². The van der Waals surface area contributed by atoms with E-state index in [1.54, 1.807) is 36.4 Å². The predicted molar refractivity (Wildman–Crippen MR) is 95.1 cm³/mol. The second kappa shape index (κ2) is 8.07. The Morgan fingerprint density at radius 3 is 2.50 bits per heavy atom. The highest BCUT2D eigenvalue weighted by Crippen LogP contribution is 2.22. The largest absolute Gasteiger partial charge is 0.371 e. The van der Waals surface area contributed by atoms with Crippen molar-refractivity contribution >= 4 is 17.5 Å². The van der Waals surface area contributed by atoms with Crippen molar-refractivity contribution in [3.63, 3.8) is 0 Å². The number of carbonyl (C=O) groups excluding carboxylic acids is 2. The van der Waals surface area contributed by atoms with Gasteiger partial charge < -0.3 is 15.8 Å². The number of rotatable bonds is 5. The lowest BCUT2D eigenvalue weighted by Crippen LogP contribution is -2.42. The summed E-state index contributed by atoms with van der Waals surface area (Å²) in [5.41, 5.74) is 7.07. The number of nitrogens with two attached hydrogens (primary N) is 1. The number of hydrogen-bond acceptors (Lipinski definition) is 4. The van der Waals surface area contributed by atoms with Crippen molar-refractivity contribution < 1.29 is 18.7 Å². The number of halogens is 1. The summed E-state index contributed by atoms with van der Waals surface area (Å²) >= 11 is 0. The molecule has 26 heavy (non-hydrogen) atoms. The summed E-state index contributed by atoms with van der Waals surface area (Å²) in [6.07, 6.45) is -0.188. The first-order chi connectivity index (χ1) is 12.5. The Morgan fingerprint density at radius 2 is 1.85 bits per heavy atom. The van der Waals surface area contributed by atoms with Crippen LogP contribution in [0.2, 0.25) is 0 Å². The molecular formula is C19H20FN3O3. The topological polar surface area (TPSA) is 84.7 Å². The molecular weight excluding hydrogens is 337 g/mol. The number of carbonyl (C=O) groups is 2. The minimum absolute atomic E-state index is 0.156. The minimum atomic E-state index is -0.511. The van der Waals surface area contributed by atoms with Crippen LogP contribution in [0, 0.1) is 5.82 Å². The molecule has 7 heteroatoms. The predicted octanol–water partition coefficient (Wildman–Crippen LogP) is 1.94. The van der Waals surface area contributed by atoms with Gasteiger partial charge in [-0.3, -0.25) is 14.5 Å².